The van der Waals surface area contributed by atoms with Crippen molar-refractivity contribution >= 4 is 28.6 Å². The molecule has 2 aromatic rings. The third-order valence-corrected chi connectivity index (χ3v) is 6.44. The summed E-state index contributed by atoms with van der Waals surface area (Å²) < 4.78 is 0. The van der Waals surface area contributed by atoms with Crippen molar-refractivity contribution in [1.82, 2.24) is 20.9 Å². The number of carbonyl (C=O) groups excluding carboxylic acids is 3. The molecule has 3 atom stereocenters. The van der Waals surface area contributed by atoms with Crippen LogP contribution in [0.4, 0.5) is 0 Å². The van der Waals surface area contributed by atoms with Gasteiger partial charge in [-0.15, -0.1) is 0 Å². The Morgan fingerprint density at radius 3 is 2.64 bits per heavy atom. The van der Waals surface area contributed by atoms with Gasteiger partial charge in [0, 0.05) is 23.4 Å². The van der Waals surface area contributed by atoms with E-state index in [1.807, 2.05) is 32.0 Å². The molecule has 4 rings (SSSR count). The van der Waals surface area contributed by atoms with Gasteiger partial charge in [0.2, 0.25) is 11.8 Å². The summed E-state index contributed by atoms with van der Waals surface area (Å²) in [4.78, 5) is 41.1. The van der Waals surface area contributed by atoms with Gasteiger partial charge in [0.15, 0.2) is 0 Å². The summed E-state index contributed by atoms with van der Waals surface area (Å²) in [7, 11) is 0. The minimum atomic E-state index is -0.785. The van der Waals surface area contributed by atoms with Crippen molar-refractivity contribution in [1.29, 1.82) is 5.26 Å². The number of aromatic amines is 1. The number of nitrogens with one attached hydrogen (secondary N) is 4. The molecule has 0 bridgehead atoms. The lowest BCUT2D eigenvalue weighted by Gasteiger charge is -2.22. The topological polar surface area (TPSA) is 127 Å². The third kappa shape index (κ3) is 5.36. The van der Waals surface area contributed by atoms with Crippen LogP contribution >= 0.6 is 0 Å². The van der Waals surface area contributed by atoms with Crippen molar-refractivity contribution in [2.45, 2.75) is 64.0 Å². The summed E-state index contributed by atoms with van der Waals surface area (Å²) in [5.74, 6) is -0.397. The maximum atomic E-state index is 13.0. The molecule has 3 unspecified atom stereocenters. The highest BCUT2D eigenvalue weighted by molar-refractivity contribution is 6.01. The number of H-pyrrole nitrogens is 1. The van der Waals surface area contributed by atoms with Crippen LogP contribution < -0.4 is 16.0 Å². The Hall–Kier alpha value is -3.34. The molecule has 3 amide bonds. The Balaban J connectivity index is 1.45. The number of amides is 3. The summed E-state index contributed by atoms with van der Waals surface area (Å²) in [6.07, 6.45) is 3.70. The summed E-state index contributed by atoms with van der Waals surface area (Å²) in [6.45, 7) is 4.54. The van der Waals surface area contributed by atoms with E-state index in [0.717, 1.165) is 10.9 Å². The van der Waals surface area contributed by atoms with Gasteiger partial charge in [-0.2, -0.15) is 5.26 Å². The first-order chi connectivity index (χ1) is 15.9. The van der Waals surface area contributed by atoms with E-state index in [4.69, 9.17) is 0 Å². The van der Waals surface area contributed by atoms with E-state index in [2.05, 4.69) is 33.1 Å². The van der Waals surface area contributed by atoms with Gasteiger partial charge in [-0.05, 0) is 61.6 Å². The van der Waals surface area contributed by atoms with Gasteiger partial charge >= 0.3 is 0 Å². The van der Waals surface area contributed by atoms with Crippen LogP contribution in [0.3, 0.4) is 0 Å². The second-order valence-electron chi connectivity index (χ2n) is 9.62. The molecule has 1 saturated carbocycles. The largest absolute Gasteiger partial charge is 0.356 e. The van der Waals surface area contributed by atoms with Gasteiger partial charge in [0.05, 0.1) is 6.07 Å². The minimum absolute atomic E-state index is 0.0825. The van der Waals surface area contributed by atoms with Crippen LogP contribution in [0, 0.1) is 23.2 Å². The van der Waals surface area contributed by atoms with Gasteiger partial charge in [-0.1, -0.05) is 26.0 Å². The second kappa shape index (κ2) is 9.65. The van der Waals surface area contributed by atoms with Crippen molar-refractivity contribution in [3.63, 3.8) is 0 Å². The monoisotopic (exact) mass is 449 g/mol. The van der Waals surface area contributed by atoms with Crippen LogP contribution in [-0.4, -0.2) is 41.3 Å². The Labute approximate surface area is 193 Å². The maximum absolute atomic E-state index is 13.0. The molecular formula is C25H31N5O3. The van der Waals surface area contributed by atoms with Gasteiger partial charge in [-0.25, -0.2) is 0 Å². The molecule has 174 valence electrons. The molecule has 2 aliphatic rings. The third-order valence-electron chi connectivity index (χ3n) is 6.44. The van der Waals surface area contributed by atoms with E-state index in [-0.39, 0.29) is 30.1 Å². The van der Waals surface area contributed by atoms with Crippen LogP contribution in [0.15, 0.2) is 24.3 Å². The van der Waals surface area contributed by atoms with E-state index >= 15 is 0 Å². The molecule has 2 heterocycles. The number of hydrogen-bond acceptors (Lipinski definition) is 4. The van der Waals surface area contributed by atoms with Gasteiger partial charge < -0.3 is 20.9 Å². The predicted octanol–water partition coefficient (Wildman–Crippen LogP) is 2.72. The van der Waals surface area contributed by atoms with Crippen molar-refractivity contribution in [2.24, 2.45) is 11.8 Å². The summed E-state index contributed by atoms with van der Waals surface area (Å²) in [6, 6.07) is 8.44. The van der Waals surface area contributed by atoms with Crippen LogP contribution in [-0.2, 0) is 9.59 Å². The Bertz CT molecular complexity index is 1100. The quantitative estimate of drug-likeness (QED) is 0.469. The van der Waals surface area contributed by atoms with E-state index in [1.54, 1.807) is 0 Å². The number of benzene rings is 1. The molecule has 4 N–H and O–H groups in total. The minimum Gasteiger partial charge on any atom is -0.356 e. The van der Waals surface area contributed by atoms with Crippen LogP contribution in [0.1, 0.15) is 67.9 Å². The number of fused-ring (bicyclic) bond motifs is 1. The van der Waals surface area contributed by atoms with Crippen molar-refractivity contribution in [3.8, 4) is 6.07 Å². The number of nitrogens with zero attached hydrogens (tertiary/aromatic N) is 1. The fourth-order valence-corrected chi connectivity index (χ4v) is 4.56. The molecule has 33 heavy (non-hydrogen) atoms. The van der Waals surface area contributed by atoms with E-state index in [0.29, 0.717) is 31.0 Å². The standard InChI is InChI=1S/C25H31N5O3/c1-14(2)10-21(24(32)28-17(13-26)11-16-8-9-27-23(16)31)30-25(33)22-12-19-18(15-6-7-15)4-3-5-20(19)29-22/h3-5,12,14-17,21,29H,6-11H2,1-2H3,(H,27,31)(H,28,32)(H,30,33). The maximum Gasteiger partial charge on any atom is 0.268 e. The highest BCUT2D eigenvalue weighted by Gasteiger charge is 2.31. The molecule has 1 aromatic carbocycles. The highest BCUT2D eigenvalue weighted by Crippen LogP contribution is 2.43. The first kappa shape index (κ1) is 22.8. The first-order valence-corrected chi connectivity index (χ1v) is 11.8. The summed E-state index contributed by atoms with van der Waals surface area (Å²) >= 11 is 0. The number of carbonyl (C=O) groups is 3. The molecule has 1 aliphatic carbocycles. The lowest BCUT2D eigenvalue weighted by Crippen LogP contribution is -2.50. The van der Waals surface area contributed by atoms with Crippen molar-refractivity contribution in [2.75, 3.05) is 6.54 Å². The lowest BCUT2D eigenvalue weighted by atomic mass is 9.98. The van der Waals surface area contributed by atoms with Gasteiger partial charge in [0.25, 0.3) is 5.91 Å². The summed E-state index contributed by atoms with van der Waals surface area (Å²) in [5.41, 5.74) is 2.58. The zero-order valence-corrected chi connectivity index (χ0v) is 19.1. The van der Waals surface area contributed by atoms with Crippen molar-refractivity contribution in [3.05, 3.63) is 35.5 Å². The van der Waals surface area contributed by atoms with Crippen LogP contribution in [0.5, 0.6) is 0 Å². The molecule has 8 heteroatoms. The molecule has 1 saturated heterocycles. The Morgan fingerprint density at radius 2 is 2.00 bits per heavy atom. The van der Waals surface area contributed by atoms with Crippen LogP contribution in [0.25, 0.3) is 10.9 Å². The van der Waals surface area contributed by atoms with E-state index in [9.17, 15) is 19.6 Å². The number of nitriles is 1. The highest BCUT2D eigenvalue weighted by atomic mass is 16.2. The smallest absolute Gasteiger partial charge is 0.268 e. The normalized spacial score (nSPS) is 19.7. The Morgan fingerprint density at radius 1 is 1.21 bits per heavy atom. The average molecular weight is 450 g/mol. The lowest BCUT2D eigenvalue weighted by molar-refractivity contribution is -0.125. The first-order valence-electron chi connectivity index (χ1n) is 11.8. The van der Waals surface area contributed by atoms with Gasteiger partial charge in [-0.3, -0.25) is 14.4 Å². The fraction of sp³-hybridized carbons (Fsp3) is 0.520. The molecule has 0 radical (unpaired) electrons. The zero-order chi connectivity index (χ0) is 23.5. The Kier molecular flexibility index (Phi) is 6.68. The predicted molar refractivity (Wildman–Crippen MR) is 124 cm³/mol. The number of rotatable bonds is 9. The molecule has 0 spiro atoms. The summed E-state index contributed by atoms with van der Waals surface area (Å²) in [5, 5.41) is 18.9. The molecular weight excluding hydrogens is 418 g/mol. The number of hydrogen-bond donors (Lipinski definition) is 4. The van der Waals surface area contributed by atoms with E-state index in [1.165, 1.54) is 18.4 Å². The second-order valence-corrected chi connectivity index (χ2v) is 9.62. The molecule has 1 aliphatic heterocycles. The van der Waals surface area contributed by atoms with Crippen molar-refractivity contribution < 1.29 is 14.4 Å². The van der Waals surface area contributed by atoms with Crippen LogP contribution in [0.2, 0.25) is 0 Å². The molecule has 8 nitrogen and oxygen atoms in total. The van der Waals surface area contributed by atoms with Gasteiger partial charge in [0.1, 0.15) is 17.8 Å². The number of aromatic nitrogens is 1. The molecule has 2 fully saturated rings. The molecule has 1 aromatic heterocycles. The van der Waals surface area contributed by atoms with E-state index < -0.39 is 18.0 Å². The zero-order valence-electron chi connectivity index (χ0n) is 19.1. The SMILES string of the molecule is CC(C)CC(NC(=O)c1cc2c(C3CC3)cccc2[nH]1)C(=O)NC(C#N)CC1CCNC1=O. The fourth-order valence-electron chi connectivity index (χ4n) is 4.56. The average Bonchev–Trinajstić information content (AvgIpc) is 3.40.